The Labute approximate surface area is 196 Å². The van der Waals surface area contributed by atoms with E-state index >= 15 is 0 Å². The Hall–Kier alpha value is -2.53. The highest BCUT2D eigenvalue weighted by molar-refractivity contribution is 7.99. The highest BCUT2D eigenvalue weighted by Gasteiger charge is 2.20. The average Bonchev–Trinajstić information content (AvgIpc) is 3.13. The van der Waals surface area contributed by atoms with Crippen LogP contribution in [0.1, 0.15) is 47.0 Å². The highest BCUT2D eigenvalue weighted by Crippen LogP contribution is 2.36. The van der Waals surface area contributed by atoms with E-state index in [9.17, 15) is 4.79 Å². The summed E-state index contributed by atoms with van der Waals surface area (Å²) in [5.41, 5.74) is 4.50. The first-order valence-electron chi connectivity index (χ1n) is 11.5. The third-order valence-corrected chi connectivity index (χ3v) is 6.09. The molecule has 1 heterocycles. The van der Waals surface area contributed by atoms with Gasteiger partial charge >= 0.3 is 0 Å². The molecular weight excluding hydrogens is 414 g/mol. The van der Waals surface area contributed by atoms with Crippen molar-refractivity contribution in [3.05, 3.63) is 60.7 Å². The summed E-state index contributed by atoms with van der Waals surface area (Å²) in [7, 11) is 0. The molecular formula is C27H35N3OS. The van der Waals surface area contributed by atoms with Crippen LogP contribution < -0.4 is 5.32 Å². The predicted molar refractivity (Wildman–Crippen MR) is 136 cm³/mol. The lowest BCUT2D eigenvalue weighted by Crippen LogP contribution is -2.29. The van der Waals surface area contributed by atoms with Crippen LogP contribution in [0.15, 0.2) is 65.8 Å². The highest BCUT2D eigenvalue weighted by atomic mass is 32.2. The Balaban J connectivity index is 1.87. The molecule has 32 heavy (non-hydrogen) atoms. The maximum atomic E-state index is 12.2. The smallest absolute Gasteiger partial charge is 0.220 e. The molecule has 4 nitrogen and oxygen atoms in total. The van der Waals surface area contributed by atoms with E-state index in [1.165, 1.54) is 11.3 Å². The van der Waals surface area contributed by atoms with Crippen LogP contribution in [-0.4, -0.2) is 27.8 Å². The van der Waals surface area contributed by atoms with Gasteiger partial charge in [0.25, 0.3) is 0 Å². The summed E-state index contributed by atoms with van der Waals surface area (Å²) in [5, 5.41) is 4.08. The number of benzene rings is 2. The van der Waals surface area contributed by atoms with Crippen molar-refractivity contribution in [1.29, 1.82) is 0 Å². The Kier molecular flexibility index (Phi) is 8.57. The molecule has 0 saturated carbocycles. The number of unbranched alkanes of at least 4 members (excludes halogenated alkanes) is 1. The van der Waals surface area contributed by atoms with E-state index in [4.69, 9.17) is 4.98 Å². The normalized spacial score (nSPS) is 11.5. The monoisotopic (exact) mass is 449 g/mol. The van der Waals surface area contributed by atoms with E-state index in [-0.39, 0.29) is 11.3 Å². The van der Waals surface area contributed by atoms with Gasteiger partial charge in [-0.2, -0.15) is 0 Å². The minimum absolute atomic E-state index is 0.00278. The Bertz CT molecular complexity index is 991. The van der Waals surface area contributed by atoms with Crippen molar-refractivity contribution in [1.82, 2.24) is 14.9 Å². The molecule has 0 aliphatic carbocycles. The number of carbonyl (C=O) groups excluding carboxylic acids is 1. The number of carbonyl (C=O) groups is 1. The predicted octanol–water partition coefficient (Wildman–Crippen LogP) is 6.66. The number of hydrogen-bond acceptors (Lipinski definition) is 3. The molecule has 3 rings (SSSR count). The van der Waals surface area contributed by atoms with Gasteiger partial charge in [0.1, 0.15) is 0 Å². The van der Waals surface area contributed by atoms with Gasteiger partial charge in [-0.25, -0.2) is 4.98 Å². The summed E-state index contributed by atoms with van der Waals surface area (Å²) in [6.07, 6.45) is 2.76. The van der Waals surface area contributed by atoms with Crippen molar-refractivity contribution < 1.29 is 4.79 Å². The fourth-order valence-corrected chi connectivity index (χ4v) is 4.51. The van der Waals surface area contributed by atoms with Crippen LogP contribution in [0.25, 0.3) is 22.5 Å². The van der Waals surface area contributed by atoms with Crippen molar-refractivity contribution in [3.8, 4) is 22.5 Å². The average molecular weight is 450 g/mol. The number of imidazole rings is 1. The largest absolute Gasteiger partial charge is 0.355 e. The number of hydrogen-bond donors (Lipinski definition) is 1. The Morgan fingerprint density at radius 1 is 1.00 bits per heavy atom. The van der Waals surface area contributed by atoms with Crippen molar-refractivity contribution in [2.45, 2.75) is 58.7 Å². The fraction of sp³-hybridized carbons (Fsp3) is 0.407. The van der Waals surface area contributed by atoms with Gasteiger partial charge in [0, 0.05) is 36.4 Å². The van der Waals surface area contributed by atoms with Crippen LogP contribution >= 0.6 is 11.8 Å². The van der Waals surface area contributed by atoms with Crippen LogP contribution in [-0.2, 0) is 11.3 Å². The zero-order valence-electron chi connectivity index (χ0n) is 19.7. The third-order valence-electron chi connectivity index (χ3n) is 5.11. The van der Waals surface area contributed by atoms with E-state index in [0.717, 1.165) is 41.6 Å². The van der Waals surface area contributed by atoms with Crippen molar-refractivity contribution in [2.24, 2.45) is 5.41 Å². The number of rotatable bonds is 10. The summed E-state index contributed by atoms with van der Waals surface area (Å²) in [6.45, 7) is 10.0. The Morgan fingerprint density at radius 3 is 2.22 bits per heavy atom. The van der Waals surface area contributed by atoms with Gasteiger partial charge in [0.15, 0.2) is 5.16 Å². The van der Waals surface area contributed by atoms with Crippen LogP contribution in [0.4, 0.5) is 0 Å². The second kappa shape index (κ2) is 11.4. The van der Waals surface area contributed by atoms with Gasteiger partial charge in [-0.15, -0.1) is 0 Å². The molecule has 0 radical (unpaired) electrons. The molecule has 0 bridgehead atoms. The van der Waals surface area contributed by atoms with Gasteiger partial charge in [-0.05, 0) is 11.8 Å². The summed E-state index contributed by atoms with van der Waals surface area (Å²) in [6, 6.07) is 20.9. The first kappa shape index (κ1) is 24.1. The minimum Gasteiger partial charge on any atom is -0.355 e. The van der Waals surface area contributed by atoms with Crippen molar-refractivity contribution in [3.63, 3.8) is 0 Å². The molecule has 1 aromatic heterocycles. The molecule has 1 amide bonds. The van der Waals surface area contributed by atoms with Gasteiger partial charge < -0.3 is 9.88 Å². The summed E-state index contributed by atoms with van der Waals surface area (Å²) in [4.78, 5) is 17.3. The Morgan fingerprint density at radius 2 is 1.62 bits per heavy atom. The molecule has 1 N–H and O–H groups in total. The zero-order chi connectivity index (χ0) is 23.0. The molecule has 0 fully saturated rings. The number of nitrogens with zero attached hydrogens (tertiary/aromatic N) is 2. The zero-order valence-corrected chi connectivity index (χ0v) is 20.5. The van der Waals surface area contributed by atoms with Gasteiger partial charge in [-0.1, -0.05) is 107 Å². The molecule has 0 saturated heterocycles. The van der Waals surface area contributed by atoms with E-state index in [0.29, 0.717) is 13.0 Å². The maximum absolute atomic E-state index is 12.2. The summed E-state index contributed by atoms with van der Waals surface area (Å²) < 4.78 is 2.36. The molecule has 0 aliphatic heterocycles. The van der Waals surface area contributed by atoms with Crippen LogP contribution in [0.5, 0.6) is 0 Å². The number of amides is 1. The maximum Gasteiger partial charge on any atom is 0.220 e. The molecule has 170 valence electrons. The van der Waals surface area contributed by atoms with E-state index < -0.39 is 0 Å². The summed E-state index contributed by atoms with van der Waals surface area (Å²) >= 11 is 1.72. The number of thioether (sulfide) groups is 1. The van der Waals surface area contributed by atoms with Crippen LogP contribution in [0, 0.1) is 5.41 Å². The standard InChI is InChI=1S/C27H35N3OS/c1-5-6-18-30-25(22-15-11-8-12-16-22)24(21-13-9-7-10-14-21)29-26(30)32-19-17-28-23(31)20-27(2,3)4/h7-16H,5-6,17-20H2,1-4H3,(H,28,31). The van der Waals surface area contributed by atoms with Crippen LogP contribution in [0.2, 0.25) is 0 Å². The summed E-state index contributed by atoms with van der Waals surface area (Å²) in [5.74, 6) is 0.906. The second-order valence-electron chi connectivity index (χ2n) is 9.26. The number of aromatic nitrogens is 2. The van der Waals surface area contributed by atoms with Crippen molar-refractivity contribution >= 4 is 17.7 Å². The molecule has 5 heteroatoms. The van der Waals surface area contributed by atoms with Gasteiger partial charge in [0.2, 0.25) is 5.91 Å². The first-order chi connectivity index (χ1) is 15.4. The topological polar surface area (TPSA) is 46.9 Å². The lowest BCUT2D eigenvalue weighted by atomic mass is 9.92. The molecule has 0 atom stereocenters. The van der Waals surface area contributed by atoms with Gasteiger partial charge in [0.05, 0.1) is 11.4 Å². The van der Waals surface area contributed by atoms with Crippen LogP contribution in [0.3, 0.4) is 0 Å². The quantitative estimate of drug-likeness (QED) is 0.278. The lowest BCUT2D eigenvalue weighted by molar-refractivity contribution is -0.122. The molecule has 0 aliphatic rings. The molecule has 2 aromatic carbocycles. The second-order valence-corrected chi connectivity index (χ2v) is 10.3. The fourth-order valence-electron chi connectivity index (χ4n) is 3.63. The SMILES string of the molecule is CCCCn1c(SCCNC(=O)CC(C)(C)C)nc(-c2ccccc2)c1-c1ccccc1. The van der Waals surface area contributed by atoms with Gasteiger partial charge in [-0.3, -0.25) is 4.79 Å². The molecule has 0 spiro atoms. The van der Waals surface area contributed by atoms with E-state index in [1.807, 2.05) is 12.1 Å². The minimum atomic E-state index is 0.00278. The third kappa shape index (κ3) is 6.73. The lowest BCUT2D eigenvalue weighted by Gasteiger charge is -2.17. The first-order valence-corrected chi connectivity index (χ1v) is 12.5. The van der Waals surface area contributed by atoms with Crippen molar-refractivity contribution in [2.75, 3.05) is 12.3 Å². The molecule has 0 unspecified atom stereocenters. The van der Waals surface area contributed by atoms with E-state index in [2.05, 4.69) is 86.1 Å². The van der Waals surface area contributed by atoms with E-state index in [1.54, 1.807) is 11.8 Å². The number of nitrogens with one attached hydrogen (secondary N) is 1. The molecule has 3 aromatic rings.